The van der Waals surface area contributed by atoms with Gasteiger partial charge in [0.2, 0.25) is 0 Å². The number of piperidine rings is 2. The molecule has 0 saturated carbocycles. The highest BCUT2D eigenvalue weighted by molar-refractivity contribution is 5.92. The van der Waals surface area contributed by atoms with Crippen molar-refractivity contribution in [3.63, 3.8) is 0 Å². The quantitative estimate of drug-likeness (QED) is 0.624. The van der Waals surface area contributed by atoms with Crippen molar-refractivity contribution in [2.24, 2.45) is 10.7 Å². The summed E-state index contributed by atoms with van der Waals surface area (Å²) >= 11 is 0. The molecule has 0 bridgehead atoms. The molecule has 3 rings (SSSR count). The zero-order valence-corrected chi connectivity index (χ0v) is 16.2. The van der Waals surface area contributed by atoms with Gasteiger partial charge in [-0.05, 0) is 83.2 Å². The van der Waals surface area contributed by atoms with Gasteiger partial charge in [-0.2, -0.15) is 0 Å². The highest BCUT2D eigenvalue weighted by Gasteiger charge is 2.39. The molecule has 0 radical (unpaired) electrons. The van der Waals surface area contributed by atoms with E-state index in [1.54, 1.807) is 7.11 Å². The number of aliphatic imine (C=N–C) groups is 1. The Balaban J connectivity index is 1.66. The molecule has 26 heavy (non-hydrogen) atoms. The summed E-state index contributed by atoms with van der Waals surface area (Å²) in [5.41, 5.74) is 7.29. The summed E-state index contributed by atoms with van der Waals surface area (Å²) in [5, 5.41) is 3.20. The first-order valence-corrected chi connectivity index (χ1v) is 9.76. The predicted octanol–water partition coefficient (Wildman–Crippen LogP) is 2.37. The van der Waals surface area contributed by atoms with Crippen molar-refractivity contribution >= 4 is 11.6 Å². The highest BCUT2D eigenvalue weighted by atomic mass is 16.5. The Bertz CT molecular complexity index is 587. The summed E-state index contributed by atoms with van der Waals surface area (Å²) in [6, 6.07) is 7.75. The molecule has 0 aromatic heterocycles. The van der Waals surface area contributed by atoms with Crippen LogP contribution in [-0.2, 0) is 0 Å². The van der Waals surface area contributed by atoms with E-state index in [1.807, 2.05) is 24.3 Å². The van der Waals surface area contributed by atoms with Crippen LogP contribution in [0.3, 0.4) is 0 Å². The second-order valence-corrected chi connectivity index (χ2v) is 7.63. The average molecular weight is 360 g/mol. The maximum Gasteiger partial charge on any atom is 0.193 e. The van der Waals surface area contributed by atoms with E-state index in [9.17, 15) is 0 Å². The number of anilines is 1. The number of hydrogen-bond acceptors (Lipinski definition) is 4. The van der Waals surface area contributed by atoms with Crippen molar-refractivity contribution in [2.45, 2.75) is 37.6 Å². The molecule has 1 aromatic carbocycles. The van der Waals surface area contributed by atoms with Gasteiger partial charge in [0.1, 0.15) is 5.75 Å². The predicted molar refractivity (Wildman–Crippen MR) is 108 cm³/mol. The molecule has 6 nitrogen and oxygen atoms in total. The molecule has 2 fully saturated rings. The van der Waals surface area contributed by atoms with E-state index in [0.29, 0.717) is 5.96 Å². The molecular weight excluding hydrogens is 326 g/mol. The van der Waals surface area contributed by atoms with Gasteiger partial charge in [-0.15, -0.1) is 0 Å². The lowest BCUT2D eigenvalue weighted by Crippen LogP contribution is -2.58. The van der Waals surface area contributed by atoms with Gasteiger partial charge in [-0.3, -0.25) is 9.89 Å². The van der Waals surface area contributed by atoms with Crippen molar-refractivity contribution in [2.75, 3.05) is 52.2 Å². The van der Waals surface area contributed by atoms with Gasteiger partial charge in [-0.25, -0.2) is 0 Å². The topological polar surface area (TPSA) is 66.1 Å². The molecule has 2 aliphatic rings. The van der Waals surface area contributed by atoms with E-state index in [4.69, 9.17) is 15.5 Å². The third-order valence-corrected chi connectivity index (χ3v) is 5.85. The average Bonchev–Trinajstić information content (AvgIpc) is 2.69. The number of likely N-dealkylation sites (tertiary alicyclic amines) is 2. The van der Waals surface area contributed by atoms with E-state index in [2.05, 4.69) is 22.2 Å². The van der Waals surface area contributed by atoms with E-state index in [-0.39, 0.29) is 5.54 Å². The number of ether oxygens (including phenoxy) is 1. The Kier molecular flexibility index (Phi) is 6.38. The fourth-order valence-electron chi connectivity index (χ4n) is 4.07. The Labute approximate surface area is 157 Å². The molecule has 2 heterocycles. The Morgan fingerprint density at radius 1 is 1.12 bits per heavy atom. The number of benzene rings is 1. The van der Waals surface area contributed by atoms with Crippen LogP contribution in [0.2, 0.25) is 0 Å². The number of nitrogens with two attached hydrogens (primary N) is 1. The van der Waals surface area contributed by atoms with Gasteiger partial charge in [0.05, 0.1) is 13.7 Å². The Morgan fingerprint density at radius 3 is 2.38 bits per heavy atom. The van der Waals surface area contributed by atoms with Crippen LogP contribution in [0.4, 0.5) is 5.69 Å². The molecule has 6 heteroatoms. The fraction of sp³-hybridized carbons (Fsp3) is 0.650. The first kappa shape index (κ1) is 19.0. The first-order chi connectivity index (χ1) is 12.6. The van der Waals surface area contributed by atoms with Gasteiger partial charge in [0, 0.05) is 11.2 Å². The molecule has 0 amide bonds. The largest absolute Gasteiger partial charge is 0.497 e. The second kappa shape index (κ2) is 8.73. The van der Waals surface area contributed by atoms with E-state index in [0.717, 1.165) is 31.1 Å². The van der Waals surface area contributed by atoms with Gasteiger partial charge in [-0.1, -0.05) is 6.42 Å². The molecule has 0 aliphatic carbocycles. The summed E-state index contributed by atoms with van der Waals surface area (Å²) < 4.78 is 5.19. The third kappa shape index (κ3) is 4.68. The molecule has 1 aromatic rings. The summed E-state index contributed by atoms with van der Waals surface area (Å²) in [6.07, 6.45) is 6.31. The molecule has 3 N–H and O–H groups in total. The molecule has 2 aliphatic heterocycles. The summed E-state index contributed by atoms with van der Waals surface area (Å²) in [5.74, 6) is 1.33. The van der Waals surface area contributed by atoms with Gasteiger partial charge in [0.25, 0.3) is 0 Å². The van der Waals surface area contributed by atoms with Crippen LogP contribution < -0.4 is 15.8 Å². The molecule has 2 saturated heterocycles. The SMILES string of the molecule is COc1ccc(NC(N)=NCC2(N3CCCCC3)CCN(C)CC2)cc1. The van der Waals surface area contributed by atoms with Crippen LogP contribution in [0.15, 0.2) is 29.3 Å². The highest BCUT2D eigenvalue weighted by Crippen LogP contribution is 2.31. The molecule has 0 spiro atoms. The molecular formula is C20H33N5O. The number of nitrogens with one attached hydrogen (secondary N) is 1. The minimum atomic E-state index is 0.166. The van der Waals surface area contributed by atoms with Gasteiger partial charge in [0.15, 0.2) is 5.96 Å². The lowest BCUT2D eigenvalue weighted by Gasteiger charge is -2.49. The maximum absolute atomic E-state index is 6.19. The third-order valence-electron chi connectivity index (χ3n) is 5.85. The van der Waals surface area contributed by atoms with Crippen LogP contribution in [-0.4, -0.2) is 68.2 Å². The number of methoxy groups -OCH3 is 1. The normalized spacial score (nSPS) is 22.2. The Hall–Kier alpha value is -1.79. The van der Waals surface area contributed by atoms with Crippen LogP contribution >= 0.6 is 0 Å². The zero-order valence-electron chi connectivity index (χ0n) is 16.2. The lowest BCUT2D eigenvalue weighted by molar-refractivity contribution is 0.0209. The van der Waals surface area contributed by atoms with Gasteiger partial charge < -0.3 is 20.7 Å². The smallest absolute Gasteiger partial charge is 0.193 e. The summed E-state index contributed by atoms with van der Waals surface area (Å²) in [4.78, 5) is 9.86. The molecule has 0 atom stereocenters. The van der Waals surface area contributed by atoms with Gasteiger partial charge >= 0.3 is 0 Å². The monoisotopic (exact) mass is 359 g/mol. The standard InChI is InChI=1S/C20H33N5O/c1-24-14-10-20(11-15-24,25-12-4-3-5-13-25)16-22-19(21)23-17-6-8-18(26-2)9-7-17/h6-9H,3-5,10-16H2,1-2H3,(H3,21,22,23). The van der Waals surface area contributed by atoms with Crippen LogP contribution in [0, 0.1) is 0 Å². The zero-order chi connectivity index (χ0) is 18.4. The van der Waals surface area contributed by atoms with E-state index >= 15 is 0 Å². The van der Waals surface area contributed by atoms with Crippen LogP contribution in [0.25, 0.3) is 0 Å². The minimum absolute atomic E-state index is 0.166. The summed E-state index contributed by atoms with van der Waals surface area (Å²) in [7, 11) is 3.88. The second-order valence-electron chi connectivity index (χ2n) is 7.63. The maximum atomic E-state index is 6.19. The fourth-order valence-corrected chi connectivity index (χ4v) is 4.07. The van der Waals surface area contributed by atoms with E-state index in [1.165, 1.54) is 45.2 Å². The Morgan fingerprint density at radius 2 is 1.77 bits per heavy atom. The number of nitrogens with zero attached hydrogens (tertiary/aromatic N) is 3. The van der Waals surface area contributed by atoms with Crippen LogP contribution in [0.5, 0.6) is 5.75 Å². The minimum Gasteiger partial charge on any atom is -0.497 e. The number of guanidine groups is 1. The van der Waals surface area contributed by atoms with E-state index < -0.39 is 0 Å². The first-order valence-electron chi connectivity index (χ1n) is 9.76. The summed E-state index contributed by atoms with van der Waals surface area (Å²) in [6.45, 7) is 5.45. The number of rotatable bonds is 5. The van der Waals surface area contributed by atoms with Crippen molar-refractivity contribution in [1.82, 2.24) is 9.80 Å². The number of hydrogen-bond donors (Lipinski definition) is 2. The van der Waals surface area contributed by atoms with Crippen LogP contribution in [0.1, 0.15) is 32.1 Å². The van der Waals surface area contributed by atoms with Crippen molar-refractivity contribution in [3.8, 4) is 5.75 Å². The van der Waals surface area contributed by atoms with Crippen molar-refractivity contribution < 1.29 is 4.74 Å². The lowest BCUT2D eigenvalue weighted by atomic mass is 9.84. The molecule has 0 unspecified atom stereocenters. The molecule has 144 valence electrons. The van der Waals surface area contributed by atoms with Crippen molar-refractivity contribution in [1.29, 1.82) is 0 Å². The van der Waals surface area contributed by atoms with Crippen molar-refractivity contribution in [3.05, 3.63) is 24.3 Å².